The maximum Gasteiger partial charge on any atom is 0.320 e. The molecule has 0 aliphatic rings. The molecule has 0 saturated heterocycles. The topological polar surface area (TPSA) is 63.3 Å². The number of hydrogen-bond acceptors (Lipinski definition) is 2. The summed E-state index contributed by atoms with van der Waals surface area (Å²) in [4.78, 5) is 9.90. The molecular formula is C5H8FNO2. The Hall–Kier alpha value is -0.900. The van der Waals surface area contributed by atoms with E-state index in [-0.39, 0.29) is 6.42 Å². The van der Waals surface area contributed by atoms with Gasteiger partial charge >= 0.3 is 5.97 Å². The van der Waals surface area contributed by atoms with Gasteiger partial charge in [-0.2, -0.15) is 0 Å². The summed E-state index contributed by atoms with van der Waals surface area (Å²) in [5, 5.41) is 8.10. The van der Waals surface area contributed by atoms with E-state index in [2.05, 4.69) is 6.58 Å². The van der Waals surface area contributed by atoms with E-state index < -0.39 is 17.8 Å². The van der Waals surface area contributed by atoms with Crippen molar-refractivity contribution in [3.8, 4) is 0 Å². The van der Waals surface area contributed by atoms with Crippen LogP contribution in [0, 0.1) is 0 Å². The van der Waals surface area contributed by atoms with Crippen molar-refractivity contribution in [2.75, 3.05) is 0 Å². The number of nitrogens with two attached hydrogens (primary N) is 1. The second kappa shape index (κ2) is 3.19. The number of carboxylic acids is 1. The van der Waals surface area contributed by atoms with E-state index in [9.17, 15) is 9.18 Å². The van der Waals surface area contributed by atoms with Gasteiger partial charge in [-0.15, -0.1) is 0 Å². The monoisotopic (exact) mass is 133 g/mol. The summed E-state index contributed by atoms with van der Waals surface area (Å²) >= 11 is 0. The molecule has 0 heterocycles. The molecule has 0 saturated carbocycles. The standard InChI is InChI=1S/C5H8FNO2/c1-3(6)2-4(7)5(8)9/h4H,1-2,7H2,(H,8,9). The van der Waals surface area contributed by atoms with Crippen molar-refractivity contribution in [3.05, 3.63) is 12.4 Å². The van der Waals surface area contributed by atoms with Crippen molar-refractivity contribution >= 4 is 5.97 Å². The van der Waals surface area contributed by atoms with Crippen LogP contribution in [0.1, 0.15) is 6.42 Å². The van der Waals surface area contributed by atoms with Crippen molar-refractivity contribution in [3.63, 3.8) is 0 Å². The zero-order valence-corrected chi connectivity index (χ0v) is 4.80. The first-order chi connectivity index (χ1) is 4.04. The largest absolute Gasteiger partial charge is 0.480 e. The molecular weight excluding hydrogens is 125 g/mol. The van der Waals surface area contributed by atoms with Gasteiger partial charge in [-0.25, -0.2) is 4.39 Å². The average molecular weight is 133 g/mol. The summed E-state index contributed by atoms with van der Waals surface area (Å²) in [6, 6.07) is -1.16. The normalized spacial score (nSPS) is 12.7. The van der Waals surface area contributed by atoms with E-state index in [4.69, 9.17) is 10.8 Å². The predicted molar refractivity (Wildman–Crippen MR) is 30.5 cm³/mol. The van der Waals surface area contributed by atoms with Crippen LogP contribution >= 0.6 is 0 Å². The van der Waals surface area contributed by atoms with Gasteiger partial charge in [0.15, 0.2) is 0 Å². The highest BCUT2D eigenvalue weighted by molar-refractivity contribution is 5.73. The third-order valence-corrected chi connectivity index (χ3v) is 0.759. The third kappa shape index (κ3) is 3.66. The number of rotatable bonds is 3. The molecule has 0 rings (SSSR count). The lowest BCUT2D eigenvalue weighted by Crippen LogP contribution is -2.29. The van der Waals surface area contributed by atoms with Crippen LogP contribution < -0.4 is 5.73 Å². The fraction of sp³-hybridized carbons (Fsp3) is 0.400. The van der Waals surface area contributed by atoms with Crippen LogP contribution in [-0.2, 0) is 4.79 Å². The first-order valence-corrected chi connectivity index (χ1v) is 2.35. The molecule has 0 spiro atoms. The van der Waals surface area contributed by atoms with Gasteiger partial charge in [0, 0.05) is 6.42 Å². The van der Waals surface area contributed by atoms with E-state index in [1.54, 1.807) is 0 Å². The van der Waals surface area contributed by atoms with Crippen molar-refractivity contribution in [2.45, 2.75) is 12.5 Å². The second-order valence-electron chi connectivity index (χ2n) is 1.67. The molecule has 0 aromatic rings. The van der Waals surface area contributed by atoms with Crippen LogP contribution in [0.3, 0.4) is 0 Å². The Bertz CT molecular complexity index is 135. The first kappa shape index (κ1) is 8.10. The number of carbonyl (C=O) groups is 1. The molecule has 0 aromatic carbocycles. The Kier molecular flexibility index (Phi) is 2.87. The van der Waals surface area contributed by atoms with Crippen LogP contribution in [0.15, 0.2) is 12.4 Å². The molecule has 4 heteroatoms. The molecule has 1 atom stereocenters. The summed E-state index contributed by atoms with van der Waals surface area (Å²) in [7, 11) is 0. The molecule has 0 bridgehead atoms. The second-order valence-corrected chi connectivity index (χ2v) is 1.67. The smallest absolute Gasteiger partial charge is 0.320 e. The molecule has 0 aliphatic heterocycles. The van der Waals surface area contributed by atoms with Crippen LogP contribution in [0.4, 0.5) is 4.39 Å². The minimum Gasteiger partial charge on any atom is -0.480 e. The maximum atomic E-state index is 11.8. The van der Waals surface area contributed by atoms with Crippen molar-refractivity contribution in [1.29, 1.82) is 0 Å². The van der Waals surface area contributed by atoms with Crippen molar-refractivity contribution < 1.29 is 14.3 Å². The summed E-state index contributed by atoms with van der Waals surface area (Å²) in [6.45, 7) is 2.87. The van der Waals surface area contributed by atoms with E-state index in [1.165, 1.54) is 0 Å². The molecule has 3 N–H and O–H groups in total. The van der Waals surface area contributed by atoms with Gasteiger partial charge < -0.3 is 10.8 Å². The number of carboxylic acid groups (broad SMARTS) is 1. The average Bonchev–Trinajstić information content (AvgIpc) is 1.63. The van der Waals surface area contributed by atoms with E-state index >= 15 is 0 Å². The Morgan fingerprint density at radius 3 is 2.44 bits per heavy atom. The lowest BCUT2D eigenvalue weighted by atomic mass is 10.2. The predicted octanol–water partition coefficient (Wildman–Crippen LogP) is 0.272. The van der Waals surface area contributed by atoms with E-state index in [0.717, 1.165) is 0 Å². The van der Waals surface area contributed by atoms with E-state index in [1.807, 2.05) is 0 Å². The Labute approximate surface area is 52.0 Å². The molecule has 9 heavy (non-hydrogen) atoms. The molecule has 0 aromatic heterocycles. The number of aliphatic carboxylic acids is 1. The summed E-state index contributed by atoms with van der Waals surface area (Å²) in [5.74, 6) is -1.92. The van der Waals surface area contributed by atoms with Gasteiger partial charge in [0.2, 0.25) is 0 Å². The van der Waals surface area contributed by atoms with Gasteiger partial charge in [0.05, 0.1) is 5.83 Å². The Balaban J connectivity index is 3.63. The lowest BCUT2D eigenvalue weighted by molar-refractivity contribution is -0.138. The maximum absolute atomic E-state index is 11.8. The highest BCUT2D eigenvalue weighted by atomic mass is 19.1. The lowest BCUT2D eigenvalue weighted by Gasteiger charge is -2.00. The third-order valence-electron chi connectivity index (χ3n) is 0.759. The van der Waals surface area contributed by atoms with Gasteiger partial charge in [-0.1, -0.05) is 6.58 Å². The van der Waals surface area contributed by atoms with Crippen LogP contribution in [-0.4, -0.2) is 17.1 Å². The highest BCUT2D eigenvalue weighted by Crippen LogP contribution is 2.01. The minimum atomic E-state index is -1.21. The zero-order valence-electron chi connectivity index (χ0n) is 4.80. The van der Waals surface area contributed by atoms with Crippen molar-refractivity contribution in [2.24, 2.45) is 5.73 Å². The molecule has 0 aliphatic carbocycles. The molecule has 0 amide bonds. The molecule has 52 valence electrons. The van der Waals surface area contributed by atoms with Crippen LogP contribution in [0.5, 0.6) is 0 Å². The van der Waals surface area contributed by atoms with Gasteiger partial charge in [-0.05, 0) is 0 Å². The number of halogens is 1. The fourth-order valence-corrected chi connectivity index (χ4v) is 0.326. The molecule has 1 unspecified atom stereocenters. The van der Waals surface area contributed by atoms with Gasteiger partial charge in [0.25, 0.3) is 0 Å². The van der Waals surface area contributed by atoms with Crippen LogP contribution in [0.2, 0.25) is 0 Å². The molecule has 0 fully saturated rings. The Morgan fingerprint density at radius 2 is 2.33 bits per heavy atom. The SMILES string of the molecule is C=C(F)CC(N)C(=O)O. The fourth-order valence-electron chi connectivity index (χ4n) is 0.326. The number of hydrogen-bond donors (Lipinski definition) is 2. The summed E-state index contributed by atoms with van der Waals surface area (Å²) < 4.78 is 11.8. The molecule has 0 radical (unpaired) electrons. The van der Waals surface area contributed by atoms with Gasteiger partial charge in [-0.3, -0.25) is 4.79 Å². The Morgan fingerprint density at radius 1 is 1.89 bits per heavy atom. The first-order valence-electron chi connectivity index (χ1n) is 2.35. The van der Waals surface area contributed by atoms with E-state index in [0.29, 0.717) is 0 Å². The zero-order chi connectivity index (χ0) is 7.44. The molecule has 3 nitrogen and oxygen atoms in total. The quantitative estimate of drug-likeness (QED) is 0.580. The van der Waals surface area contributed by atoms with Crippen LogP contribution in [0.25, 0.3) is 0 Å². The summed E-state index contributed by atoms with van der Waals surface area (Å²) in [5.41, 5.74) is 4.92. The van der Waals surface area contributed by atoms with Gasteiger partial charge in [0.1, 0.15) is 6.04 Å². The highest BCUT2D eigenvalue weighted by Gasteiger charge is 2.11. The minimum absolute atomic E-state index is 0.310. The van der Waals surface area contributed by atoms with Crippen molar-refractivity contribution in [1.82, 2.24) is 0 Å². The summed E-state index contributed by atoms with van der Waals surface area (Å²) in [6.07, 6.45) is -0.310.